The first kappa shape index (κ1) is 16.5. The van der Waals surface area contributed by atoms with Gasteiger partial charge in [-0.25, -0.2) is 0 Å². The van der Waals surface area contributed by atoms with Gasteiger partial charge >= 0.3 is 0 Å². The maximum Gasteiger partial charge on any atom is 0.261 e. The molecule has 1 heterocycles. The van der Waals surface area contributed by atoms with Gasteiger partial charge in [-0.2, -0.15) is 11.8 Å². The molecule has 2 N–H and O–H groups in total. The van der Waals surface area contributed by atoms with Gasteiger partial charge in [-0.05, 0) is 37.1 Å². The van der Waals surface area contributed by atoms with E-state index in [9.17, 15) is 4.79 Å². The van der Waals surface area contributed by atoms with Crippen LogP contribution in [-0.2, 0) is 6.42 Å². The zero-order valence-corrected chi connectivity index (χ0v) is 13.3. The van der Waals surface area contributed by atoms with Crippen molar-refractivity contribution in [1.82, 2.24) is 5.32 Å². The average Bonchev–Trinajstić information content (AvgIpc) is 2.76. The van der Waals surface area contributed by atoms with Crippen LogP contribution in [0.3, 0.4) is 0 Å². The van der Waals surface area contributed by atoms with E-state index in [1.54, 1.807) is 23.1 Å². The molecule has 0 aliphatic carbocycles. The van der Waals surface area contributed by atoms with Crippen molar-refractivity contribution in [2.75, 3.05) is 24.7 Å². The molecular formula is C14H23NO2S2. The predicted molar refractivity (Wildman–Crippen MR) is 84.4 cm³/mol. The van der Waals surface area contributed by atoms with Crippen molar-refractivity contribution in [3.63, 3.8) is 0 Å². The Labute approximate surface area is 123 Å². The van der Waals surface area contributed by atoms with E-state index >= 15 is 0 Å². The Morgan fingerprint density at radius 3 is 2.95 bits per heavy atom. The second kappa shape index (κ2) is 9.39. The van der Waals surface area contributed by atoms with Crippen molar-refractivity contribution in [2.24, 2.45) is 0 Å². The number of carbonyl (C=O) groups excluding carboxylic acids is 1. The van der Waals surface area contributed by atoms with E-state index in [4.69, 9.17) is 5.11 Å². The molecule has 1 rings (SSSR count). The topological polar surface area (TPSA) is 49.3 Å². The van der Waals surface area contributed by atoms with Crippen molar-refractivity contribution < 1.29 is 9.90 Å². The first-order valence-corrected chi connectivity index (χ1v) is 8.72. The predicted octanol–water partition coefficient (Wildman–Crippen LogP) is 2.85. The Balaban J connectivity index is 2.31. The second-order valence-corrected chi connectivity index (χ2v) is 6.87. The summed E-state index contributed by atoms with van der Waals surface area (Å²) in [4.78, 5) is 14.0. The molecule has 19 heavy (non-hydrogen) atoms. The largest absolute Gasteiger partial charge is 0.396 e. The molecule has 0 atom stereocenters. The Morgan fingerprint density at radius 2 is 2.26 bits per heavy atom. The summed E-state index contributed by atoms with van der Waals surface area (Å²) in [5.74, 6) is 1.89. The lowest BCUT2D eigenvalue weighted by Crippen LogP contribution is -2.25. The van der Waals surface area contributed by atoms with E-state index in [0.29, 0.717) is 6.54 Å². The summed E-state index contributed by atoms with van der Waals surface area (Å²) >= 11 is 3.34. The molecule has 0 aliphatic rings. The monoisotopic (exact) mass is 301 g/mol. The summed E-state index contributed by atoms with van der Waals surface area (Å²) in [6.07, 6.45) is 2.98. The third-order valence-electron chi connectivity index (χ3n) is 2.74. The summed E-state index contributed by atoms with van der Waals surface area (Å²) in [5, 5.41) is 11.6. The molecule has 3 nitrogen and oxygen atoms in total. The minimum Gasteiger partial charge on any atom is -0.396 e. The lowest BCUT2D eigenvalue weighted by atomic mass is 10.1. The third-order valence-corrected chi connectivity index (χ3v) is 4.90. The van der Waals surface area contributed by atoms with Crippen LogP contribution in [-0.4, -0.2) is 35.7 Å². The minimum atomic E-state index is 0.0400. The van der Waals surface area contributed by atoms with Gasteiger partial charge < -0.3 is 10.4 Å². The summed E-state index contributed by atoms with van der Waals surface area (Å²) in [6.45, 7) is 5.17. The molecule has 1 aromatic heterocycles. The fraction of sp³-hybridized carbons (Fsp3) is 0.643. The van der Waals surface area contributed by atoms with Crippen LogP contribution in [0.1, 0.15) is 39.9 Å². The molecule has 0 saturated carbocycles. The van der Waals surface area contributed by atoms with Gasteiger partial charge in [0, 0.05) is 23.8 Å². The number of hydrogen-bond donors (Lipinski definition) is 2. The molecule has 0 saturated heterocycles. The van der Waals surface area contributed by atoms with Gasteiger partial charge in [0.1, 0.15) is 0 Å². The Bertz CT molecular complexity index is 391. The quantitative estimate of drug-likeness (QED) is 0.690. The molecule has 0 aliphatic heterocycles. The maximum absolute atomic E-state index is 12.0. The number of amides is 1. The van der Waals surface area contributed by atoms with Crippen LogP contribution in [0.2, 0.25) is 0 Å². The number of rotatable bonds is 9. The highest BCUT2D eigenvalue weighted by Crippen LogP contribution is 2.22. The highest BCUT2D eigenvalue weighted by Gasteiger charge is 2.11. The zero-order chi connectivity index (χ0) is 14.1. The normalized spacial score (nSPS) is 10.7. The Morgan fingerprint density at radius 1 is 1.47 bits per heavy atom. The number of hydrogen-bond acceptors (Lipinski definition) is 4. The molecule has 0 bridgehead atoms. The molecule has 0 aromatic carbocycles. The van der Waals surface area contributed by atoms with Gasteiger partial charge in [-0.1, -0.05) is 13.3 Å². The van der Waals surface area contributed by atoms with Gasteiger partial charge in [0.05, 0.1) is 4.88 Å². The summed E-state index contributed by atoms with van der Waals surface area (Å²) < 4.78 is 0. The fourth-order valence-electron chi connectivity index (χ4n) is 1.74. The summed E-state index contributed by atoms with van der Waals surface area (Å²) in [6, 6.07) is 2.03. The van der Waals surface area contributed by atoms with Crippen molar-refractivity contribution in [3.05, 3.63) is 21.4 Å². The molecule has 5 heteroatoms. The van der Waals surface area contributed by atoms with E-state index in [-0.39, 0.29) is 12.5 Å². The van der Waals surface area contributed by atoms with Crippen LogP contribution >= 0.6 is 23.1 Å². The third kappa shape index (κ3) is 5.97. The van der Waals surface area contributed by atoms with Gasteiger partial charge in [0.25, 0.3) is 5.91 Å². The average molecular weight is 301 g/mol. The van der Waals surface area contributed by atoms with Crippen LogP contribution < -0.4 is 5.32 Å². The molecule has 1 aromatic rings. The molecule has 0 spiro atoms. The van der Waals surface area contributed by atoms with Gasteiger partial charge in [0.15, 0.2) is 0 Å². The van der Waals surface area contributed by atoms with Crippen molar-refractivity contribution >= 4 is 29.0 Å². The fourth-order valence-corrected chi connectivity index (χ4v) is 3.51. The summed E-state index contributed by atoms with van der Waals surface area (Å²) in [7, 11) is 0. The number of nitrogens with one attached hydrogen (secondary N) is 1. The number of aliphatic hydroxyl groups excluding tert-OH is 1. The van der Waals surface area contributed by atoms with Crippen LogP contribution in [0, 0.1) is 6.92 Å². The van der Waals surface area contributed by atoms with Crippen LogP contribution in [0.4, 0.5) is 0 Å². The first-order valence-electron chi connectivity index (χ1n) is 6.75. The molecular weight excluding hydrogens is 278 g/mol. The molecule has 0 fully saturated rings. The first-order chi connectivity index (χ1) is 9.19. The minimum absolute atomic E-state index is 0.0400. The van der Waals surface area contributed by atoms with E-state index in [1.165, 1.54) is 10.4 Å². The lowest BCUT2D eigenvalue weighted by molar-refractivity contribution is 0.0960. The maximum atomic E-state index is 12.0. The van der Waals surface area contributed by atoms with Crippen LogP contribution in [0.25, 0.3) is 0 Å². The van der Waals surface area contributed by atoms with Gasteiger partial charge in [-0.3, -0.25) is 4.79 Å². The number of aryl methyl sites for hydroxylation is 2. The molecule has 108 valence electrons. The van der Waals surface area contributed by atoms with E-state index in [1.807, 2.05) is 6.07 Å². The molecule has 0 unspecified atom stereocenters. The van der Waals surface area contributed by atoms with Gasteiger partial charge in [-0.15, -0.1) is 11.3 Å². The van der Waals surface area contributed by atoms with Crippen molar-refractivity contribution in [2.45, 2.75) is 33.1 Å². The van der Waals surface area contributed by atoms with Crippen LogP contribution in [0.5, 0.6) is 0 Å². The van der Waals surface area contributed by atoms with E-state index < -0.39 is 0 Å². The Hall–Kier alpha value is -0.520. The number of thioether (sulfide) groups is 1. The SMILES string of the molecule is CCCc1cc(C(=O)NCCSCCCO)sc1C. The van der Waals surface area contributed by atoms with Crippen molar-refractivity contribution in [1.29, 1.82) is 0 Å². The number of aliphatic hydroxyl groups is 1. The lowest BCUT2D eigenvalue weighted by Gasteiger charge is -2.03. The highest BCUT2D eigenvalue weighted by atomic mass is 32.2. The summed E-state index contributed by atoms with van der Waals surface area (Å²) in [5.41, 5.74) is 1.30. The smallest absolute Gasteiger partial charge is 0.261 e. The standard InChI is InChI=1S/C14H23NO2S2/c1-3-5-12-10-13(19-11(12)2)14(17)15-6-9-18-8-4-7-16/h10,16H,3-9H2,1-2H3,(H,15,17). The highest BCUT2D eigenvalue weighted by molar-refractivity contribution is 7.99. The van der Waals surface area contributed by atoms with E-state index in [2.05, 4.69) is 19.2 Å². The van der Waals surface area contributed by atoms with Gasteiger partial charge in [0.2, 0.25) is 0 Å². The second-order valence-electron chi connectivity index (χ2n) is 4.39. The number of thiophene rings is 1. The van der Waals surface area contributed by atoms with Crippen LogP contribution in [0.15, 0.2) is 6.07 Å². The van der Waals surface area contributed by atoms with E-state index in [0.717, 1.165) is 35.6 Å². The zero-order valence-electron chi connectivity index (χ0n) is 11.7. The molecule has 0 radical (unpaired) electrons. The Kier molecular flexibility index (Phi) is 8.18. The number of carbonyl (C=O) groups is 1. The van der Waals surface area contributed by atoms with Crippen molar-refractivity contribution in [3.8, 4) is 0 Å². The molecule has 1 amide bonds.